The summed E-state index contributed by atoms with van der Waals surface area (Å²) in [5, 5.41) is 9.50. The Balaban J connectivity index is 1.74. The number of hydrogen-bond donors (Lipinski definition) is 1. The number of rotatable bonds is 6. The Kier molecular flexibility index (Phi) is 4.78. The zero-order valence-corrected chi connectivity index (χ0v) is 11.5. The second kappa shape index (κ2) is 6.34. The third-order valence-corrected chi connectivity index (χ3v) is 3.88. The summed E-state index contributed by atoms with van der Waals surface area (Å²) in [4.78, 5) is 6.78. The van der Waals surface area contributed by atoms with Gasteiger partial charge in [0.1, 0.15) is 5.82 Å². The Hall–Kier alpha value is -0.870. The molecule has 0 aliphatic carbocycles. The Morgan fingerprint density at radius 2 is 2.33 bits per heavy atom. The number of aliphatic hydroxyl groups excluding tert-OH is 1. The Morgan fingerprint density at radius 1 is 1.50 bits per heavy atom. The van der Waals surface area contributed by atoms with Crippen LogP contribution >= 0.6 is 0 Å². The van der Waals surface area contributed by atoms with E-state index in [0.717, 1.165) is 31.8 Å². The highest BCUT2D eigenvalue weighted by molar-refractivity contribution is 4.88. The van der Waals surface area contributed by atoms with Gasteiger partial charge in [0.15, 0.2) is 0 Å². The predicted molar refractivity (Wildman–Crippen MR) is 72.5 cm³/mol. The van der Waals surface area contributed by atoms with E-state index in [1.54, 1.807) is 0 Å². The van der Waals surface area contributed by atoms with Crippen LogP contribution in [0.3, 0.4) is 0 Å². The minimum Gasteiger partial charge on any atom is -0.393 e. The number of nitrogens with zero attached hydrogens (tertiary/aromatic N) is 3. The number of imidazole rings is 1. The van der Waals surface area contributed by atoms with Gasteiger partial charge in [0.05, 0.1) is 6.10 Å². The summed E-state index contributed by atoms with van der Waals surface area (Å²) >= 11 is 0. The molecular formula is C14H25N3O. The largest absolute Gasteiger partial charge is 0.393 e. The third kappa shape index (κ3) is 3.56. The molecule has 1 N–H and O–H groups in total. The van der Waals surface area contributed by atoms with Crippen molar-refractivity contribution in [2.24, 2.45) is 0 Å². The first-order valence-electron chi connectivity index (χ1n) is 7.06. The topological polar surface area (TPSA) is 41.3 Å². The van der Waals surface area contributed by atoms with Crippen LogP contribution in [-0.4, -0.2) is 44.8 Å². The first-order valence-corrected chi connectivity index (χ1v) is 7.06. The van der Waals surface area contributed by atoms with E-state index in [-0.39, 0.29) is 6.10 Å². The molecule has 2 atom stereocenters. The highest BCUT2D eigenvalue weighted by Crippen LogP contribution is 2.21. The molecule has 1 aromatic rings. The van der Waals surface area contributed by atoms with Crippen LogP contribution in [0.15, 0.2) is 12.4 Å². The maximum absolute atomic E-state index is 9.50. The fourth-order valence-corrected chi connectivity index (χ4v) is 2.93. The molecular weight excluding hydrogens is 226 g/mol. The second-order valence-corrected chi connectivity index (χ2v) is 5.44. The van der Waals surface area contributed by atoms with Crippen molar-refractivity contribution in [3.8, 4) is 0 Å². The zero-order valence-electron chi connectivity index (χ0n) is 11.5. The van der Waals surface area contributed by atoms with Gasteiger partial charge in [-0.05, 0) is 46.1 Å². The van der Waals surface area contributed by atoms with Crippen LogP contribution < -0.4 is 0 Å². The summed E-state index contributed by atoms with van der Waals surface area (Å²) in [6.07, 6.45) is 8.34. The van der Waals surface area contributed by atoms with Crippen molar-refractivity contribution in [1.82, 2.24) is 14.5 Å². The van der Waals surface area contributed by atoms with Crippen molar-refractivity contribution in [3.05, 3.63) is 18.2 Å². The molecule has 1 aromatic heterocycles. The molecule has 18 heavy (non-hydrogen) atoms. The molecule has 0 bridgehead atoms. The Labute approximate surface area is 110 Å². The van der Waals surface area contributed by atoms with Gasteiger partial charge in [-0.1, -0.05) is 0 Å². The summed E-state index contributed by atoms with van der Waals surface area (Å²) in [5.74, 6) is 1.09. The van der Waals surface area contributed by atoms with Gasteiger partial charge in [-0.25, -0.2) is 4.98 Å². The van der Waals surface area contributed by atoms with Gasteiger partial charge in [-0.2, -0.15) is 0 Å². The summed E-state index contributed by atoms with van der Waals surface area (Å²) in [6, 6.07) is 0.592. The third-order valence-electron chi connectivity index (χ3n) is 3.88. The molecule has 1 aliphatic heterocycles. The lowest BCUT2D eigenvalue weighted by molar-refractivity contribution is 0.132. The second-order valence-electron chi connectivity index (χ2n) is 5.44. The lowest BCUT2D eigenvalue weighted by Crippen LogP contribution is -2.33. The molecule has 2 rings (SSSR count). The van der Waals surface area contributed by atoms with Crippen molar-refractivity contribution in [1.29, 1.82) is 0 Å². The summed E-state index contributed by atoms with van der Waals surface area (Å²) in [6.45, 7) is 7.32. The van der Waals surface area contributed by atoms with Crippen molar-refractivity contribution in [2.45, 2.75) is 58.2 Å². The van der Waals surface area contributed by atoms with Gasteiger partial charge >= 0.3 is 0 Å². The van der Waals surface area contributed by atoms with Gasteiger partial charge in [-0.15, -0.1) is 0 Å². The van der Waals surface area contributed by atoms with E-state index in [1.807, 2.05) is 26.2 Å². The van der Waals surface area contributed by atoms with Gasteiger partial charge in [0, 0.05) is 31.5 Å². The molecule has 1 fully saturated rings. The molecule has 0 saturated carbocycles. The Bertz CT molecular complexity index is 362. The number of aromatic nitrogens is 2. The molecule has 0 aromatic carbocycles. The highest BCUT2D eigenvalue weighted by atomic mass is 16.3. The average molecular weight is 251 g/mol. The van der Waals surface area contributed by atoms with Crippen LogP contribution in [-0.2, 0) is 6.54 Å². The number of hydrogen-bond acceptors (Lipinski definition) is 3. The molecule has 4 nitrogen and oxygen atoms in total. The average Bonchev–Trinajstić information content (AvgIpc) is 2.89. The fourth-order valence-electron chi connectivity index (χ4n) is 2.93. The van der Waals surface area contributed by atoms with Gasteiger partial charge in [0.25, 0.3) is 0 Å². The van der Waals surface area contributed by atoms with Crippen molar-refractivity contribution < 1.29 is 5.11 Å². The minimum atomic E-state index is -0.175. The van der Waals surface area contributed by atoms with Crippen LogP contribution in [0.1, 0.15) is 38.4 Å². The quantitative estimate of drug-likeness (QED) is 0.838. The highest BCUT2D eigenvalue weighted by Gasteiger charge is 2.24. The minimum absolute atomic E-state index is 0.175. The number of likely N-dealkylation sites (tertiary alicyclic amines) is 1. The monoisotopic (exact) mass is 251 g/mol. The van der Waals surface area contributed by atoms with Crippen LogP contribution in [0, 0.1) is 6.92 Å². The normalized spacial score (nSPS) is 22.5. The SMILES string of the molecule is Cc1nccn1CCCN1CCCC1CC(C)O. The predicted octanol–water partition coefficient (Wildman–Crippen LogP) is 1.82. The summed E-state index contributed by atoms with van der Waals surface area (Å²) < 4.78 is 2.21. The summed E-state index contributed by atoms with van der Waals surface area (Å²) in [5.41, 5.74) is 0. The van der Waals surface area contributed by atoms with Crippen LogP contribution in [0.25, 0.3) is 0 Å². The molecule has 0 spiro atoms. The van der Waals surface area contributed by atoms with Crippen LogP contribution in [0.4, 0.5) is 0 Å². The lowest BCUT2D eigenvalue weighted by atomic mass is 10.1. The first kappa shape index (κ1) is 13.6. The molecule has 2 heterocycles. The van der Waals surface area contributed by atoms with E-state index in [9.17, 15) is 5.11 Å². The van der Waals surface area contributed by atoms with Gasteiger partial charge in [-0.3, -0.25) is 0 Å². The molecule has 0 radical (unpaired) electrons. The number of aliphatic hydroxyl groups is 1. The van der Waals surface area contributed by atoms with Crippen LogP contribution in [0.2, 0.25) is 0 Å². The van der Waals surface area contributed by atoms with E-state index in [0.29, 0.717) is 6.04 Å². The fraction of sp³-hybridized carbons (Fsp3) is 0.786. The number of aryl methyl sites for hydroxylation is 2. The molecule has 102 valence electrons. The summed E-state index contributed by atoms with van der Waals surface area (Å²) in [7, 11) is 0. The maximum atomic E-state index is 9.50. The van der Waals surface area contributed by atoms with Crippen molar-refractivity contribution >= 4 is 0 Å². The molecule has 0 amide bonds. The van der Waals surface area contributed by atoms with E-state index in [1.165, 1.54) is 19.4 Å². The Morgan fingerprint density at radius 3 is 3.00 bits per heavy atom. The molecule has 2 unspecified atom stereocenters. The maximum Gasteiger partial charge on any atom is 0.105 e. The van der Waals surface area contributed by atoms with E-state index >= 15 is 0 Å². The first-order chi connectivity index (χ1) is 8.66. The molecule has 1 saturated heterocycles. The molecule has 1 aliphatic rings. The van der Waals surface area contributed by atoms with E-state index in [2.05, 4.69) is 14.5 Å². The van der Waals surface area contributed by atoms with Crippen LogP contribution in [0.5, 0.6) is 0 Å². The zero-order chi connectivity index (χ0) is 13.0. The van der Waals surface area contributed by atoms with Gasteiger partial charge < -0.3 is 14.6 Å². The van der Waals surface area contributed by atoms with E-state index in [4.69, 9.17) is 0 Å². The van der Waals surface area contributed by atoms with Gasteiger partial charge in [0.2, 0.25) is 0 Å². The standard InChI is InChI=1S/C14H25N3O/c1-12(18)11-14-5-3-7-17(14)9-4-8-16-10-6-15-13(16)2/h6,10,12,14,18H,3-5,7-9,11H2,1-2H3. The lowest BCUT2D eigenvalue weighted by Gasteiger charge is -2.25. The molecule has 4 heteroatoms. The van der Waals surface area contributed by atoms with E-state index < -0.39 is 0 Å². The van der Waals surface area contributed by atoms with Crippen molar-refractivity contribution in [3.63, 3.8) is 0 Å². The smallest absolute Gasteiger partial charge is 0.105 e. The van der Waals surface area contributed by atoms with Crippen molar-refractivity contribution in [2.75, 3.05) is 13.1 Å².